The van der Waals surface area contributed by atoms with Crippen molar-refractivity contribution in [2.24, 2.45) is 11.5 Å². The summed E-state index contributed by atoms with van der Waals surface area (Å²) in [6.07, 6.45) is -6.47. The average molecular weight is 483 g/mol. The van der Waals surface area contributed by atoms with Crippen LogP contribution in [-0.4, -0.2) is 23.5 Å². The molecular weight excluding hydrogens is 460 g/mol. The Hall–Kier alpha value is -3.53. The van der Waals surface area contributed by atoms with Gasteiger partial charge in [0.1, 0.15) is 6.04 Å². The molecule has 0 heterocycles. The number of hydrogen-bond donors (Lipinski definition) is 2. The number of halogens is 6. The second-order valence-electron chi connectivity index (χ2n) is 7.27. The third kappa shape index (κ3) is 7.24. The van der Waals surface area contributed by atoms with Gasteiger partial charge in [-0.05, 0) is 41.8 Å². The smallest absolute Gasteiger partial charge is 0.403 e. The number of allylic oxidation sites excluding steroid dienone is 3. The number of benzene rings is 2. The van der Waals surface area contributed by atoms with Crippen LogP contribution in [0.25, 0.3) is 0 Å². The van der Waals surface area contributed by atoms with Crippen molar-refractivity contribution in [2.75, 3.05) is 6.54 Å². The Morgan fingerprint density at radius 3 is 2.06 bits per heavy atom. The third-order valence-corrected chi connectivity index (χ3v) is 4.90. The molecule has 0 saturated heterocycles. The van der Waals surface area contributed by atoms with E-state index in [-0.39, 0.29) is 18.7 Å². The van der Waals surface area contributed by atoms with Gasteiger partial charge in [0.05, 0.1) is 11.3 Å². The minimum absolute atomic E-state index is 0.0753. The Kier molecular flexibility index (Phi) is 8.69. The van der Waals surface area contributed by atoms with Crippen LogP contribution in [0.1, 0.15) is 22.7 Å². The maximum absolute atomic E-state index is 13.2. The molecule has 1 amide bonds. The molecule has 0 bridgehead atoms. The van der Waals surface area contributed by atoms with E-state index in [0.29, 0.717) is 17.2 Å². The highest BCUT2D eigenvalue weighted by molar-refractivity contribution is 5.85. The van der Waals surface area contributed by atoms with Crippen molar-refractivity contribution in [1.29, 1.82) is 0 Å². The molecule has 4 nitrogen and oxygen atoms in total. The maximum atomic E-state index is 13.2. The Bertz CT molecular complexity index is 1040. The molecule has 2 aromatic rings. The molecule has 1 atom stereocenters. The lowest BCUT2D eigenvalue weighted by molar-refractivity contribution is -0.137. The van der Waals surface area contributed by atoms with Gasteiger partial charge >= 0.3 is 12.4 Å². The van der Waals surface area contributed by atoms with E-state index in [4.69, 9.17) is 11.5 Å². The van der Waals surface area contributed by atoms with Gasteiger partial charge in [-0.1, -0.05) is 49.0 Å². The van der Waals surface area contributed by atoms with Crippen LogP contribution >= 0.6 is 0 Å². The van der Waals surface area contributed by atoms with Gasteiger partial charge in [0.15, 0.2) is 0 Å². The largest absolute Gasteiger partial charge is 0.416 e. The van der Waals surface area contributed by atoms with Gasteiger partial charge < -0.3 is 16.4 Å². The van der Waals surface area contributed by atoms with Crippen molar-refractivity contribution in [3.63, 3.8) is 0 Å². The minimum Gasteiger partial charge on any atom is -0.403 e. The van der Waals surface area contributed by atoms with E-state index in [1.165, 1.54) is 12.1 Å². The van der Waals surface area contributed by atoms with Crippen molar-refractivity contribution in [1.82, 2.24) is 4.90 Å². The van der Waals surface area contributed by atoms with E-state index in [9.17, 15) is 31.1 Å². The van der Waals surface area contributed by atoms with E-state index in [1.807, 2.05) is 0 Å². The zero-order valence-electron chi connectivity index (χ0n) is 17.9. The lowest BCUT2D eigenvalue weighted by atomic mass is 10.0. The predicted octanol–water partition coefficient (Wildman–Crippen LogP) is 5.25. The summed E-state index contributed by atoms with van der Waals surface area (Å²) in [6, 6.07) is 11.5. The Morgan fingerprint density at radius 2 is 1.56 bits per heavy atom. The quantitative estimate of drug-likeness (QED) is 0.398. The fraction of sp³-hybridized carbons (Fsp3) is 0.208. The van der Waals surface area contributed by atoms with Crippen molar-refractivity contribution < 1.29 is 31.1 Å². The van der Waals surface area contributed by atoms with Crippen LogP contribution in [-0.2, 0) is 17.4 Å². The number of nitrogens with zero attached hydrogens (tertiary/aromatic N) is 1. The molecule has 0 aromatic heterocycles. The molecule has 1 unspecified atom stereocenters. The van der Waals surface area contributed by atoms with Crippen LogP contribution in [0.15, 0.2) is 90.8 Å². The summed E-state index contributed by atoms with van der Waals surface area (Å²) in [5.41, 5.74) is 10.6. The summed E-state index contributed by atoms with van der Waals surface area (Å²) in [6.45, 7) is 2.84. The molecule has 0 saturated carbocycles. The predicted molar refractivity (Wildman–Crippen MR) is 117 cm³/mol. The summed E-state index contributed by atoms with van der Waals surface area (Å²) in [5, 5.41) is 0. The average Bonchev–Trinajstić information content (AvgIpc) is 2.79. The van der Waals surface area contributed by atoms with Crippen LogP contribution in [0.4, 0.5) is 26.3 Å². The van der Waals surface area contributed by atoms with Gasteiger partial charge in [0.2, 0.25) is 5.91 Å². The van der Waals surface area contributed by atoms with E-state index >= 15 is 0 Å². The van der Waals surface area contributed by atoms with Crippen molar-refractivity contribution in [3.8, 4) is 0 Å². The first-order chi connectivity index (χ1) is 15.8. The van der Waals surface area contributed by atoms with E-state index in [0.717, 1.165) is 29.3 Å². The van der Waals surface area contributed by atoms with Crippen LogP contribution in [0.5, 0.6) is 0 Å². The molecule has 4 N–H and O–H groups in total. The van der Waals surface area contributed by atoms with Gasteiger partial charge in [-0.2, -0.15) is 26.3 Å². The molecule has 0 radical (unpaired) electrons. The molecule has 34 heavy (non-hydrogen) atoms. The van der Waals surface area contributed by atoms with Crippen LogP contribution in [0.3, 0.4) is 0 Å². The van der Waals surface area contributed by atoms with Gasteiger partial charge in [0, 0.05) is 18.3 Å². The molecular formula is C24H23F6N3O. The molecule has 0 fully saturated rings. The summed E-state index contributed by atoms with van der Waals surface area (Å²) in [5.74, 6) is -0.655. The molecule has 10 heteroatoms. The van der Waals surface area contributed by atoms with E-state index in [2.05, 4.69) is 6.58 Å². The lowest BCUT2D eigenvalue weighted by Crippen LogP contribution is -2.39. The van der Waals surface area contributed by atoms with Crippen LogP contribution in [0, 0.1) is 0 Å². The van der Waals surface area contributed by atoms with Crippen molar-refractivity contribution >= 4 is 5.91 Å². The first-order valence-corrected chi connectivity index (χ1v) is 9.98. The second kappa shape index (κ2) is 11.1. The molecule has 0 spiro atoms. The highest BCUT2D eigenvalue weighted by atomic mass is 19.4. The van der Waals surface area contributed by atoms with E-state index in [1.54, 1.807) is 30.3 Å². The molecule has 0 aliphatic heterocycles. The molecule has 2 rings (SSSR count). The van der Waals surface area contributed by atoms with Crippen LogP contribution < -0.4 is 11.5 Å². The fourth-order valence-electron chi connectivity index (χ4n) is 2.95. The second-order valence-corrected chi connectivity index (χ2v) is 7.27. The number of rotatable bonds is 8. The zero-order valence-corrected chi connectivity index (χ0v) is 17.9. The first kappa shape index (κ1) is 26.7. The molecule has 182 valence electrons. The van der Waals surface area contributed by atoms with Gasteiger partial charge in [-0.25, -0.2) is 0 Å². The van der Waals surface area contributed by atoms with Crippen molar-refractivity contribution in [3.05, 3.63) is 107 Å². The summed E-state index contributed by atoms with van der Waals surface area (Å²) in [4.78, 5) is 14.3. The lowest BCUT2D eigenvalue weighted by Gasteiger charge is -2.27. The Balaban J connectivity index is 2.31. The SMILES string of the molecule is C=C(/C=C\C(=C/N)N(CCc1ccc(C(F)(F)F)cc1)C(=O)C(N)c1ccccc1)C(F)(F)F. The number of carbonyl (C=O) groups is 1. The highest BCUT2D eigenvalue weighted by Crippen LogP contribution is 2.29. The summed E-state index contributed by atoms with van der Waals surface area (Å²) >= 11 is 0. The van der Waals surface area contributed by atoms with E-state index < -0.39 is 35.4 Å². The van der Waals surface area contributed by atoms with Gasteiger partial charge in [0.25, 0.3) is 0 Å². The fourth-order valence-corrected chi connectivity index (χ4v) is 2.95. The molecule has 0 aliphatic rings. The Morgan fingerprint density at radius 1 is 0.971 bits per heavy atom. The Labute approximate surface area is 192 Å². The topological polar surface area (TPSA) is 72.3 Å². The van der Waals surface area contributed by atoms with Gasteiger partial charge in [-0.15, -0.1) is 0 Å². The maximum Gasteiger partial charge on any atom is 0.416 e. The normalized spacial score (nSPS) is 13.7. The first-order valence-electron chi connectivity index (χ1n) is 9.98. The zero-order chi connectivity index (χ0) is 25.5. The standard InChI is InChI=1S/C24H23F6N3O/c1-16(23(25,26)27)7-12-20(15-31)33(22(34)21(32)18-5-3-2-4-6-18)14-13-17-8-10-19(11-9-17)24(28,29)30/h2-12,15,21H,1,13-14,31-32H2/b12-7-,20-15+. The number of amides is 1. The minimum atomic E-state index is -4.67. The summed E-state index contributed by atoms with van der Waals surface area (Å²) in [7, 11) is 0. The molecule has 2 aromatic carbocycles. The molecule has 0 aliphatic carbocycles. The number of hydrogen-bond acceptors (Lipinski definition) is 3. The highest BCUT2D eigenvalue weighted by Gasteiger charge is 2.31. The van der Waals surface area contributed by atoms with Crippen molar-refractivity contribution in [2.45, 2.75) is 24.8 Å². The third-order valence-electron chi connectivity index (χ3n) is 4.90. The number of nitrogens with two attached hydrogens (primary N) is 2. The van der Waals surface area contributed by atoms with Crippen LogP contribution in [0.2, 0.25) is 0 Å². The number of carbonyl (C=O) groups excluding carboxylic acids is 1. The van der Waals surface area contributed by atoms with Gasteiger partial charge in [-0.3, -0.25) is 4.79 Å². The summed E-state index contributed by atoms with van der Waals surface area (Å²) < 4.78 is 76.8. The number of alkyl halides is 6. The monoisotopic (exact) mass is 483 g/mol.